The van der Waals surface area contributed by atoms with Crippen LogP contribution in [0.4, 0.5) is 13.2 Å². The molecule has 0 aromatic heterocycles. The number of phenols is 1. The first-order valence-corrected chi connectivity index (χ1v) is 4.69. The molecule has 90 valence electrons. The van der Waals surface area contributed by atoms with Gasteiger partial charge in [-0.25, -0.2) is 0 Å². The monoisotopic (exact) mass is 234 g/mol. The Morgan fingerprint density at radius 1 is 1.12 bits per heavy atom. The van der Waals surface area contributed by atoms with Crippen molar-refractivity contribution < 1.29 is 23.0 Å². The topological polar surface area (TPSA) is 29.5 Å². The highest BCUT2D eigenvalue weighted by Crippen LogP contribution is 2.36. The van der Waals surface area contributed by atoms with Crippen LogP contribution >= 0.6 is 0 Å². The summed E-state index contributed by atoms with van der Waals surface area (Å²) in [6.45, 7) is 5.22. The molecule has 0 fully saturated rings. The summed E-state index contributed by atoms with van der Waals surface area (Å²) in [4.78, 5) is 0. The van der Waals surface area contributed by atoms with Gasteiger partial charge in [-0.15, -0.1) is 0 Å². The Bertz CT molecular complexity index is 378. The van der Waals surface area contributed by atoms with Gasteiger partial charge in [0.15, 0.2) is 11.5 Å². The zero-order chi connectivity index (χ0) is 12.6. The fourth-order valence-electron chi connectivity index (χ4n) is 1.11. The lowest BCUT2D eigenvalue weighted by molar-refractivity contribution is -0.137. The molecular formula is C11H13F3O2. The Labute approximate surface area is 91.7 Å². The van der Waals surface area contributed by atoms with Crippen LogP contribution in [0.15, 0.2) is 18.2 Å². The minimum Gasteiger partial charge on any atom is -0.504 e. The van der Waals surface area contributed by atoms with E-state index in [9.17, 15) is 18.3 Å². The van der Waals surface area contributed by atoms with Gasteiger partial charge in [-0.3, -0.25) is 0 Å². The molecule has 0 radical (unpaired) electrons. The van der Waals surface area contributed by atoms with Gasteiger partial charge in [0.1, 0.15) is 5.60 Å². The van der Waals surface area contributed by atoms with Gasteiger partial charge in [0.05, 0.1) is 5.56 Å². The quantitative estimate of drug-likeness (QED) is 0.804. The number of alkyl halides is 3. The maximum absolute atomic E-state index is 12.3. The number of hydrogen-bond acceptors (Lipinski definition) is 2. The summed E-state index contributed by atoms with van der Waals surface area (Å²) in [5.74, 6) is -0.467. The van der Waals surface area contributed by atoms with Gasteiger partial charge in [0.25, 0.3) is 0 Å². The highest BCUT2D eigenvalue weighted by atomic mass is 19.4. The summed E-state index contributed by atoms with van der Waals surface area (Å²) < 4.78 is 42.1. The van der Waals surface area contributed by atoms with Gasteiger partial charge in [-0.1, -0.05) is 0 Å². The number of halogens is 3. The molecular weight excluding hydrogens is 221 g/mol. The third-order valence-electron chi connectivity index (χ3n) is 1.70. The van der Waals surface area contributed by atoms with Crippen molar-refractivity contribution in [1.29, 1.82) is 0 Å². The van der Waals surface area contributed by atoms with Gasteiger partial charge in [-0.05, 0) is 39.0 Å². The SMILES string of the molecule is CC(C)(C)Oc1ccc(C(F)(F)F)cc1O. The molecule has 1 N–H and O–H groups in total. The zero-order valence-electron chi connectivity index (χ0n) is 9.22. The largest absolute Gasteiger partial charge is 0.504 e. The van der Waals surface area contributed by atoms with Crippen LogP contribution in [0.2, 0.25) is 0 Å². The highest BCUT2D eigenvalue weighted by molar-refractivity contribution is 5.42. The zero-order valence-corrected chi connectivity index (χ0v) is 9.22. The predicted octanol–water partition coefficient (Wildman–Crippen LogP) is 3.59. The lowest BCUT2D eigenvalue weighted by Crippen LogP contribution is -2.23. The second kappa shape index (κ2) is 3.88. The van der Waals surface area contributed by atoms with E-state index >= 15 is 0 Å². The molecule has 16 heavy (non-hydrogen) atoms. The van der Waals surface area contributed by atoms with E-state index in [0.717, 1.165) is 12.1 Å². The van der Waals surface area contributed by atoms with Gasteiger partial charge in [0.2, 0.25) is 0 Å². The minimum absolute atomic E-state index is 0.0421. The van der Waals surface area contributed by atoms with Crippen molar-refractivity contribution in [2.24, 2.45) is 0 Å². The lowest BCUT2D eigenvalue weighted by Gasteiger charge is -2.22. The molecule has 0 unspecified atom stereocenters. The Morgan fingerprint density at radius 2 is 1.69 bits per heavy atom. The molecule has 1 aromatic rings. The normalized spacial score (nSPS) is 12.6. The Hall–Kier alpha value is -1.39. The second-order valence-corrected chi connectivity index (χ2v) is 4.39. The molecule has 0 spiro atoms. The van der Waals surface area contributed by atoms with Gasteiger partial charge < -0.3 is 9.84 Å². The molecule has 0 saturated heterocycles. The summed E-state index contributed by atoms with van der Waals surface area (Å²) in [5, 5.41) is 9.39. The molecule has 0 heterocycles. The Balaban J connectivity index is 3.01. The van der Waals surface area contributed by atoms with E-state index in [-0.39, 0.29) is 5.75 Å². The van der Waals surface area contributed by atoms with E-state index in [1.165, 1.54) is 0 Å². The summed E-state index contributed by atoms with van der Waals surface area (Å²) in [6.07, 6.45) is -4.46. The van der Waals surface area contributed by atoms with E-state index in [1.54, 1.807) is 20.8 Å². The minimum atomic E-state index is -4.46. The summed E-state index contributed by atoms with van der Waals surface area (Å²) in [5.41, 5.74) is -1.47. The van der Waals surface area contributed by atoms with Crippen LogP contribution < -0.4 is 4.74 Å². The van der Waals surface area contributed by atoms with Gasteiger partial charge in [0, 0.05) is 0 Å². The van der Waals surface area contributed by atoms with Crippen LogP contribution in [0.1, 0.15) is 26.3 Å². The molecule has 0 aliphatic carbocycles. The molecule has 5 heteroatoms. The summed E-state index contributed by atoms with van der Waals surface area (Å²) in [6, 6.07) is 2.64. The predicted molar refractivity (Wildman–Crippen MR) is 53.5 cm³/mol. The van der Waals surface area contributed by atoms with Crippen LogP contribution in [-0.2, 0) is 6.18 Å². The first kappa shape index (κ1) is 12.7. The maximum atomic E-state index is 12.3. The Kier molecular flexibility index (Phi) is 3.08. The second-order valence-electron chi connectivity index (χ2n) is 4.39. The highest BCUT2D eigenvalue weighted by Gasteiger charge is 2.31. The first-order valence-electron chi connectivity index (χ1n) is 4.69. The first-order chi connectivity index (χ1) is 7.09. The molecule has 1 rings (SSSR count). The smallest absolute Gasteiger partial charge is 0.416 e. The number of hydrogen-bond donors (Lipinski definition) is 1. The van der Waals surface area contributed by atoms with Crippen molar-refractivity contribution in [3.8, 4) is 11.5 Å². The van der Waals surface area contributed by atoms with Crippen molar-refractivity contribution in [3.63, 3.8) is 0 Å². The van der Waals surface area contributed by atoms with Crippen molar-refractivity contribution in [3.05, 3.63) is 23.8 Å². The third kappa shape index (κ3) is 3.32. The van der Waals surface area contributed by atoms with Gasteiger partial charge in [-0.2, -0.15) is 13.2 Å². The van der Waals surface area contributed by atoms with E-state index in [2.05, 4.69) is 0 Å². The fraction of sp³-hybridized carbons (Fsp3) is 0.455. The molecule has 0 aliphatic rings. The fourth-order valence-corrected chi connectivity index (χ4v) is 1.11. The van der Waals surface area contributed by atoms with Crippen LogP contribution in [0, 0.1) is 0 Å². The molecule has 0 bridgehead atoms. The summed E-state index contributed by atoms with van der Waals surface area (Å²) in [7, 11) is 0. The number of phenolic OH excluding ortho intramolecular Hbond substituents is 1. The average Bonchev–Trinajstić information content (AvgIpc) is 2.04. The lowest BCUT2D eigenvalue weighted by atomic mass is 10.1. The molecule has 0 saturated carbocycles. The standard InChI is InChI=1S/C11H13F3O2/c1-10(2,3)16-9-5-4-7(6-8(9)15)11(12,13)14/h4-6,15H,1-3H3. The number of benzene rings is 1. The van der Waals surface area contributed by atoms with E-state index < -0.39 is 23.1 Å². The van der Waals surface area contributed by atoms with Crippen LogP contribution in [0.5, 0.6) is 11.5 Å². The number of rotatable bonds is 1. The summed E-state index contributed by atoms with van der Waals surface area (Å²) >= 11 is 0. The molecule has 0 aliphatic heterocycles. The van der Waals surface area contributed by atoms with Gasteiger partial charge >= 0.3 is 6.18 Å². The molecule has 2 nitrogen and oxygen atoms in total. The molecule has 1 aromatic carbocycles. The molecule has 0 atom stereocenters. The van der Waals surface area contributed by atoms with E-state index in [1.807, 2.05) is 0 Å². The van der Waals surface area contributed by atoms with Crippen molar-refractivity contribution >= 4 is 0 Å². The maximum Gasteiger partial charge on any atom is 0.416 e. The van der Waals surface area contributed by atoms with Crippen LogP contribution in [0.25, 0.3) is 0 Å². The van der Waals surface area contributed by atoms with Crippen LogP contribution in [0.3, 0.4) is 0 Å². The van der Waals surface area contributed by atoms with Crippen molar-refractivity contribution in [1.82, 2.24) is 0 Å². The van der Waals surface area contributed by atoms with Crippen LogP contribution in [-0.4, -0.2) is 10.7 Å². The van der Waals surface area contributed by atoms with Crippen molar-refractivity contribution in [2.45, 2.75) is 32.5 Å². The van der Waals surface area contributed by atoms with Crippen molar-refractivity contribution in [2.75, 3.05) is 0 Å². The average molecular weight is 234 g/mol. The van der Waals surface area contributed by atoms with E-state index in [4.69, 9.17) is 4.74 Å². The Morgan fingerprint density at radius 3 is 2.06 bits per heavy atom. The molecule has 0 amide bonds. The third-order valence-corrected chi connectivity index (χ3v) is 1.70. The van der Waals surface area contributed by atoms with E-state index in [0.29, 0.717) is 6.07 Å². The number of ether oxygens (including phenoxy) is 1. The number of aromatic hydroxyl groups is 1.